The Hall–Kier alpha value is -1.22. The molecule has 30 heavy (non-hydrogen) atoms. The molecule has 0 amide bonds. The topological polar surface area (TPSA) is 0 Å². The van der Waals surface area contributed by atoms with Crippen molar-refractivity contribution in [1.82, 2.24) is 0 Å². The van der Waals surface area contributed by atoms with Gasteiger partial charge in [-0.25, -0.2) is 0 Å². The zero-order chi connectivity index (χ0) is 22.0. The second kappa shape index (κ2) is 12.0. The van der Waals surface area contributed by atoms with E-state index in [1.165, 1.54) is 48.1 Å². The van der Waals surface area contributed by atoms with Gasteiger partial charge in [0.25, 0.3) is 0 Å². The molecule has 0 atom stereocenters. The second-order valence-corrected chi connectivity index (χ2v) is 19.2. The number of hydrogen-bond acceptors (Lipinski definition) is 0. The fourth-order valence-corrected chi connectivity index (χ4v) is 12.2. The minimum absolute atomic E-state index is 1.26. The first-order valence-electron chi connectivity index (χ1n) is 12.1. The van der Waals surface area contributed by atoms with Crippen molar-refractivity contribution in [3.8, 4) is 0 Å². The number of hydrogen-bond donors (Lipinski definition) is 0. The van der Waals surface area contributed by atoms with Gasteiger partial charge in [-0.05, 0) is 0 Å². The Kier molecular flexibility index (Phi) is 10.0. The zero-order valence-corrected chi connectivity index (χ0v) is 22.2. The molecule has 0 nitrogen and oxygen atoms in total. The van der Waals surface area contributed by atoms with E-state index in [-0.39, 0.29) is 0 Å². The Labute approximate surface area is 187 Å². The van der Waals surface area contributed by atoms with Crippen molar-refractivity contribution >= 4 is 37.3 Å². The molecule has 0 saturated carbocycles. The van der Waals surface area contributed by atoms with Crippen LogP contribution in [0.1, 0.15) is 52.7 Å². The third kappa shape index (κ3) is 5.72. The molecule has 166 valence electrons. The summed E-state index contributed by atoms with van der Waals surface area (Å²) in [6.07, 6.45) is 16.8. The predicted octanol–water partition coefficient (Wildman–Crippen LogP) is 7.28. The molecule has 0 aliphatic rings. The summed E-state index contributed by atoms with van der Waals surface area (Å²) in [6.45, 7) is 14.2. The minimum atomic E-state index is -1.26. The SMILES string of the molecule is CC[PH](CC)(CC)c1ccc(C=CC=Cc2ccc([PH](CC)(CC)CC)cc2)cc1. The van der Waals surface area contributed by atoms with Crippen LogP contribution in [0.3, 0.4) is 0 Å². The zero-order valence-electron chi connectivity index (χ0n) is 20.2. The van der Waals surface area contributed by atoms with Crippen LogP contribution in [-0.2, 0) is 0 Å². The van der Waals surface area contributed by atoms with E-state index in [0.717, 1.165) is 0 Å². The molecule has 0 aliphatic heterocycles. The van der Waals surface area contributed by atoms with Crippen molar-refractivity contribution in [2.24, 2.45) is 0 Å². The van der Waals surface area contributed by atoms with Gasteiger partial charge in [0.2, 0.25) is 0 Å². The Balaban J connectivity index is 2.05. The molecule has 0 fully saturated rings. The quantitative estimate of drug-likeness (QED) is 0.253. The number of benzene rings is 2. The van der Waals surface area contributed by atoms with Crippen LogP contribution in [0.4, 0.5) is 0 Å². The Morgan fingerprint density at radius 1 is 0.467 bits per heavy atom. The normalized spacial score (nSPS) is 13.9. The van der Waals surface area contributed by atoms with Crippen LogP contribution in [0.25, 0.3) is 12.2 Å². The molecule has 2 aromatic carbocycles. The van der Waals surface area contributed by atoms with E-state index in [9.17, 15) is 0 Å². The molecular weight excluding hydrogens is 398 g/mol. The van der Waals surface area contributed by atoms with Gasteiger partial charge in [0.05, 0.1) is 0 Å². The molecule has 2 heteroatoms. The molecule has 0 radical (unpaired) electrons. The van der Waals surface area contributed by atoms with Crippen molar-refractivity contribution in [3.05, 3.63) is 71.8 Å². The fraction of sp³-hybridized carbons (Fsp3) is 0.429. The van der Waals surface area contributed by atoms with Gasteiger partial charge in [-0.15, -0.1) is 0 Å². The second-order valence-electron chi connectivity index (χ2n) is 8.64. The summed E-state index contributed by atoms with van der Waals surface area (Å²) in [6, 6.07) is 18.7. The number of rotatable bonds is 11. The van der Waals surface area contributed by atoms with E-state index < -0.39 is 14.5 Å². The Morgan fingerprint density at radius 3 is 0.967 bits per heavy atom. The van der Waals surface area contributed by atoms with Gasteiger partial charge in [-0.2, -0.15) is 0 Å². The van der Waals surface area contributed by atoms with Gasteiger partial charge in [0, 0.05) is 0 Å². The Morgan fingerprint density at radius 2 is 0.733 bits per heavy atom. The summed E-state index contributed by atoms with van der Waals surface area (Å²) >= 11 is 0. The van der Waals surface area contributed by atoms with Crippen molar-refractivity contribution in [2.45, 2.75) is 41.5 Å². The van der Waals surface area contributed by atoms with Gasteiger partial charge in [-0.3, -0.25) is 0 Å². The first kappa shape index (κ1) is 25.0. The van der Waals surface area contributed by atoms with Crippen LogP contribution in [0.2, 0.25) is 0 Å². The van der Waals surface area contributed by atoms with E-state index >= 15 is 0 Å². The van der Waals surface area contributed by atoms with E-state index in [0.29, 0.717) is 0 Å². The van der Waals surface area contributed by atoms with Crippen LogP contribution >= 0.6 is 14.5 Å². The van der Waals surface area contributed by atoms with Crippen molar-refractivity contribution in [2.75, 3.05) is 37.0 Å². The fourth-order valence-electron chi connectivity index (χ4n) is 4.95. The van der Waals surface area contributed by atoms with E-state index in [2.05, 4.69) is 114 Å². The number of allylic oxidation sites excluding steroid dienone is 2. The van der Waals surface area contributed by atoms with Gasteiger partial charge < -0.3 is 0 Å². The third-order valence-electron chi connectivity index (χ3n) is 7.80. The summed E-state index contributed by atoms with van der Waals surface area (Å²) in [5.41, 5.74) is 2.57. The first-order valence-corrected chi connectivity index (χ1v) is 17.3. The van der Waals surface area contributed by atoms with Crippen molar-refractivity contribution < 1.29 is 0 Å². The molecule has 0 spiro atoms. The molecular formula is C28H44P2. The van der Waals surface area contributed by atoms with E-state index in [1.807, 2.05) is 0 Å². The molecule has 0 saturated heterocycles. The third-order valence-corrected chi connectivity index (χ3v) is 19.0. The predicted molar refractivity (Wildman–Crippen MR) is 150 cm³/mol. The van der Waals surface area contributed by atoms with E-state index in [4.69, 9.17) is 0 Å². The summed E-state index contributed by atoms with van der Waals surface area (Å²) in [7, 11) is -2.52. The van der Waals surface area contributed by atoms with Gasteiger partial charge >= 0.3 is 188 Å². The first-order chi connectivity index (χ1) is 14.5. The summed E-state index contributed by atoms with van der Waals surface area (Å²) in [5, 5.41) is 3.24. The van der Waals surface area contributed by atoms with Crippen LogP contribution < -0.4 is 10.6 Å². The molecule has 0 aliphatic carbocycles. The standard InChI is InChI=1S/C28H44P2/c1-7-29(8-2,9-3)27-21-17-25(18-22-27)15-13-14-16-26-19-23-28(24-20-26)30(10-4,11-5)12-6/h13-24,29-30H,7-12H2,1-6H3. The van der Waals surface area contributed by atoms with Crippen LogP contribution in [0, 0.1) is 0 Å². The summed E-state index contributed by atoms with van der Waals surface area (Å²) in [5.74, 6) is 0. The van der Waals surface area contributed by atoms with Gasteiger partial charge in [0.1, 0.15) is 0 Å². The average molecular weight is 443 g/mol. The van der Waals surface area contributed by atoms with Crippen LogP contribution in [-0.4, -0.2) is 37.0 Å². The van der Waals surface area contributed by atoms with E-state index in [1.54, 1.807) is 10.6 Å². The molecule has 2 aromatic rings. The van der Waals surface area contributed by atoms with Gasteiger partial charge in [-0.1, -0.05) is 0 Å². The summed E-state index contributed by atoms with van der Waals surface area (Å²) in [4.78, 5) is 0. The molecule has 0 bridgehead atoms. The molecule has 0 aromatic heterocycles. The molecule has 0 unspecified atom stereocenters. The van der Waals surface area contributed by atoms with Crippen molar-refractivity contribution in [3.63, 3.8) is 0 Å². The molecule has 2 rings (SSSR count). The Bertz CT molecular complexity index is 717. The van der Waals surface area contributed by atoms with Crippen LogP contribution in [0.15, 0.2) is 60.7 Å². The average Bonchev–Trinajstić information content (AvgIpc) is 2.81. The van der Waals surface area contributed by atoms with Gasteiger partial charge in [0.15, 0.2) is 0 Å². The summed E-state index contributed by atoms with van der Waals surface area (Å²) < 4.78 is 0. The van der Waals surface area contributed by atoms with Crippen LogP contribution in [0.5, 0.6) is 0 Å². The molecule has 0 N–H and O–H groups in total. The maximum atomic E-state index is 2.39. The monoisotopic (exact) mass is 442 g/mol. The molecule has 0 heterocycles. The maximum absolute atomic E-state index is 2.39. The van der Waals surface area contributed by atoms with Crippen molar-refractivity contribution in [1.29, 1.82) is 0 Å².